The molecule has 8 heteroatoms. The average molecular weight is 496 g/mol. The van der Waals surface area contributed by atoms with E-state index in [0.717, 1.165) is 35.9 Å². The van der Waals surface area contributed by atoms with Crippen molar-refractivity contribution in [2.75, 3.05) is 26.8 Å². The zero-order chi connectivity index (χ0) is 24.6. The zero-order valence-corrected chi connectivity index (χ0v) is 20.8. The van der Waals surface area contributed by atoms with Gasteiger partial charge in [0.05, 0.1) is 25.3 Å². The van der Waals surface area contributed by atoms with Gasteiger partial charge in [-0.2, -0.15) is 0 Å². The standard InChI is InChI=1S/C27H30ClN3O4/c1-27(26(33)29-16-22-4-3-13-35-22)17-30-23-15-21(34-2)10-7-19(23)14-24(30)25(32)31(27)12-11-18-5-8-20(28)9-6-18/h5-10,14-15,22H,3-4,11-13,16-17H2,1-2H3,(H,29,33). The molecule has 0 radical (unpaired) electrons. The van der Waals surface area contributed by atoms with Gasteiger partial charge in [0.2, 0.25) is 5.91 Å². The Morgan fingerprint density at radius 3 is 2.74 bits per heavy atom. The number of carbonyl (C=O) groups is 2. The van der Waals surface area contributed by atoms with Gasteiger partial charge in [-0.15, -0.1) is 0 Å². The highest BCUT2D eigenvalue weighted by atomic mass is 35.5. The molecule has 7 nitrogen and oxygen atoms in total. The van der Waals surface area contributed by atoms with Crippen LogP contribution >= 0.6 is 11.6 Å². The molecule has 2 atom stereocenters. The average Bonchev–Trinajstić information content (AvgIpc) is 3.51. The number of halogens is 1. The van der Waals surface area contributed by atoms with Crippen molar-refractivity contribution >= 4 is 34.3 Å². The molecule has 0 bridgehead atoms. The number of carbonyl (C=O) groups excluding carboxylic acids is 2. The summed E-state index contributed by atoms with van der Waals surface area (Å²) < 4.78 is 13.0. The molecule has 1 saturated heterocycles. The van der Waals surface area contributed by atoms with E-state index in [4.69, 9.17) is 21.1 Å². The lowest BCUT2D eigenvalue weighted by Crippen LogP contribution is -2.64. The number of benzene rings is 2. The van der Waals surface area contributed by atoms with E-state index in [0.29, 0.717) is 42.5 Å². The molecule has 0 aliphatic carbocycles. The molecule has 2 unspecified atom stereocenters. The number of methoxy groups -OCH3 is 1. The lowest BCUT2D eigenvalue weighted by Gasteiger charge is -2.44. The Hall–Kier alpha value is -3.03. The fourth-order valence-electron chi connectivity index (χ4n) is 5.10. The molecule has 1 aromatic heterocycles. The number of ether oxygens (including phenoxy) is 2. The molecule has 3 heterocycles. The van der Waals surface area contributed by atoms with E-state index in [9.17, 15) is 9.59 Å². The van der Waals surface area contributed by atoms with Gasteiger partial charge < -0.3 is 24.3 Å². The van der Waals surface area contributed by atoms with Crippen LogP contribution in [0, 0.1) is 0 Å². The summed E-state index contributed by atoms with van der Waals surface area (Å²) in [5.74, 6) is 0.378. The SMILES string of the molecule is COc1ccc2cc3n(c2c1)CC(C)(C(=O)NCC1CCCO1)N(CCc1ccc(Cl)cc1)C3=O. The number of hydrogen-bond donors (Lipinski definition) is 1. The van der Waals surface area contributed by atoms with Gasteiger partial charge in [-0.05, 0) is 62.1 Å². The van der Waals surface area contributed by atoms with Crippen LogP contribution in [0.15, 0.2) is 48.5 Å². The molecule has 35 heavy (non-hydrogen) atoms. The van der Waals surface area contributed by atoms with Gasteiger partial charge in [-0.3, -0.25) is 9.59 Å². The van der Waals surface area contributed by atoms with Gasteiger partial charge in [-0.1, -0.05) is 23.7 Å². The first-order valence-corrected chi connectivity index (χ1v) is 12.4. The molecular weight excluding hydrogens is 466 g/mol. The van der Waals surface area contributed by atoms with E-state index < -0.39 is 5.54 Å². The van der Waals surface area contributed by atoms with Crippen molar-refractivity contribution in [3.8, 4) is 5.75 Å². The van der Waals surface area contributed by atoms with Crippen molar-refractivity contribution in [1.29, 1.82) is 0 Å². The Balaban J connectivity index is 1.48. The van der Waals surface area contributed by atoms with Gasteiger partial charge in [-0.25, -0.2) is 0 Å². The highest BCUT2D eigenvalue weighted by Gasteiger charge is 2.47. The molecule has 5 rings (SSSR count). The van der Waals surface area contributed by atoms with Crippen LogP contribution < -0.4 is 10.1 Å². The summed E-state index contributed by atoms with van der Waals surface area (Å²) in [6.45, 7) is 3.79. The van der Waals surface area contributed by atoms with Crippen molar-refractivity contribution < 1.29 is 19.1 Å². The molecule has 0 spiro atoms. The Morgan fingerprint density at radius 2 is 2.03 bits per heavy atom. The lowest BCUT2D eigenvalue weighted by molar-refractivity contribution is -0.133. The summed E-state index contributed by atoms with van der Waals surface area (Å²) in [6.07, 6.45) is 2.58. The third-order valence-corrected chi connectivity index (χ3v) is 7.43. The minimum Gasteiger partial charge on any atom is -0.497 e. The highest BCUT2D eigenvalue weighted by molar-refractivity contribution is 6.30. The molecule has 1 fully saturated rings. The summed E-state index contributed by atoms with van der Waals surface area (Å²) in [6, 6.07) is 15.2. The van der Waals surface area contributed by atoms with Crippen LogP contribution in [0.4, 0.5) is 0 Å². The number of fused-ring (bicyclic) bond motifs is 3. The maximum atomic E-state index is 13.8. The number of hydrogen-bond acceptors (Lipinski definition) is 4. The summed E-state index contributed by atoms with van der Waals surface area (Å²) in [7, 11) is 1.62. The number of nitrogens with one attached hydrogen (secondary N) is 1. The van der Waals surface area contributed by atoms with Crippen molar-refractivity contribution in [1.82, 2.24) is 14.8 Å². The van der Waals surface area contributed by atoms with Crippen LogP contribution in [0.5, 0.6) is 5.75 Å². The number of amides is 2. The van der Waals surface area contributed by atoms with Crippen LogP contribution in [0.1, 0.15) is 35.8 Å². The van der Waals surface area contributed by atoms with E-state index in [-0.39, 0.29) is 17.9 Å². The Kier molecular flexibility index (Phi) is 6.47. The molecule has 0 saturated carbocycles. The van der Waals surface area contributed by atoms with Crippen LogP contribution in [0.3, 0.4) is 0 Å². The Bertz CT molecular complexity index is 1250. The lowest BCUT2D eigenvalue weighted by atomic mass is 9.93. The second-order valence-electron chi connectivity index (χ2n) is 9.49. The van der Waals surface area contributed by atoms with E-state index >= 15 is 0 Å². The minimum absolute atomic E-state index is 0.0246. The Labute approximate surface area is 209 Å². The van der Waals surface area contributed by atoms with Crippen molar-refractivity contribution in [2.24, 2.45) is 0 Å². The Morgan fingerprint density at radius 1 is 1.23 bits per heavy atom. The number of aromatic nitrogens is 1. The van der Waals surface area contributed by atoms with Gasteiger partial charge in [0.1, 0.15) is 17.0 Å². The molecule has 2 aromatic carbocycles. The minimum atomic E-state index is -1.07. The van der Waals surface area contributed by atoms with Crippen molar-refractivity contribution in [2.45, 2.75) is 44.4 Å². The molecule has 2 amide bonds. The monoisotopic (exact) mass is 495 g/mol. The first-order chi connectivity index (χ1) is 16.9. The first-order valence-electron chi connectivity index (χ1n) is 12.0. The fourth-order valence-corrected chi connectivity index (χ4v) is 5.23. The predicted molar refractivity (Wildman–Crippen MR) is 135 cm³/mol. The molecule has 3 aromatic rings. The van der Waals surface area contributed by atoms with Gasteiger partial charge in [0.25, 0.3) is 5.91 Å². The second kappa shape index (κ2) is 9.55. The largest absolute Gasteiger partial charge is 0.497 e. The number of nitrogens with zero attached hydrogens (tertiary/aromatic N) is 2. The first kappa shape index (κ1) is 23.7. The molecule has 2 aliphatic heterocycles. The van der Waals surface area contributed by atoms with Gasteiger partial charge in [0, 0.05) is 36.2 Å². The van der Waals surface area contributed by atoms with Gasteiger partial charge >= 0.3 is 0 Å². The van der Waals surface area contributed by atoms with Crippen LogP contribution in [0.2, 0.25) is 5.02 Å². The predicted octanol–water partition coefficient (Wildman–Crippen LogP) is 4.06. The summed E-state index contributed by atoms with van der Waals surface area (Å²) in [5.41, 5.74) is 1.45. The van der Waals surface area contributed by atoms with E-state index in [2.05, 4.69) is 5.32 Å². The van der Waals surface area contributed by atoms with Crippen LogP contribution in [-0.4, -0.2) is 59.7 Å². The highest BCUT2D eigenvalue weighted by Crippen LogP contribution is 2.34. The van der Waals surface area contributed by atoms with E-state index in [1.54, 1.807) is 12.0 Å². The van der Waals surface area contributed by atoms with Crippen LogP contribution in [-0.2, 0) is 22.5 Å². The quantitative estimate of drug-likeness (QED) is 0.536. The summed E-state index contributed by atoms with van der Waals surface area (Å²) in [5, 5.41) is 4.68. The van der Waals surface area contributed by atoms with Crippen molar-refractivity contribution in [3.05, 3.63) is 64.8 Å². The van der Waals surface area contributed by atoms with Crippen LogP contribution in [0.25, 0.3) is 10.9 Å². The third-order valence-electron chi connectivity index (χ3n) is 7.18. The van der Waals surface area contributed by atoms with E-state index in [1.807, 2.05) is 60.0 Å². The van der Waals surface area contributed by atoms with Crippen molar-refractivity contribution in [3.63, 3.8) is 0 Å². The van der Waals surface area contributed by atoms with E-state index in [1.165, 1.54) is 0 Å². The zero-order valence-electron chi connectivity index (χ0n) is 20.1. The maximum absolute atomic E-state index is 13.8. The molecule has 1 N–H and O–H groups in total. The summed E-state index contributed by atoms with van der Waals surface area (Å²) in [4.78, 5) is 29.2. The third kappa shape index (κ3) is 4.50. The smallest absolute Gasteiger partial charge is 0.271 e. The number of rotatable bonds is 7. The fraction of sp³-hybridized carbons (Fsp3) is 0.407. The molecule has 184 valence electrons. The normalized spacial score (nSPS) is 21.9. The second-order valence-corrected chi connectivity index (χ2v) is 9.93. The summed E-state index contributed by atoms with van der Waals surface area (Å²) >= 11 is 6.04. The molecule has 2 aliphatic rings. The molecular formula is C27H30ClN3O4. The topological polar surface area (TPSA) is 72.8 Å². The van der Waals surface area contributed by atoms with Gasteiger partial charge in [0.15, 0.2) is 0 Å². The maximum Gasteiger partial charge on any atom is 0.271 e.